The summed E-state index contributed by atoms with van der Waals surface area (Å²) in [5.41, 5.74) is 2.16. The lowest BCUT2D eigenvalue weighted by Crippen LogP contribution is -2.43. The summed E-state index contributed by atoms with van der Waals surface area (Å²) in [7, 11) is 0. The Morgan fingerprint density at radius 3 is 2.48 bits per heavy atom. The molecule has 2 unspecified atom stereocenters. The van der Waals surface area contributed by atoms with Gasteiger partial charge in [0.25, 0.3) is 0 Å². The van der Waals surface area contributed by atoms with Gasteiger partial charge in [-0.05, 0) is 47.4 Å². The molecular formula is C24H23ClN2O2. The summed E-state index contributed by atoms with van der Waals surface area (Å²) < 4.78 is 0. The van der Waals surface area contributed by atoms with Crippen molar-refractivity contribution in [3.05, 3.63) is 82.9 Å². The van der Waals surface area contributed by atoms with Gasteiger partial charge in [0.15, 0.2) is 5.78 Å². The first-order valence-corrected chi connectivity index (χ1v) is 10.2. The predicted molar refractivity (Wildman–Crippen MR) is 116 cm³/mol. The Kier molecular flexibility index (Phi) is 5.54. The number of amides is 2. The molecule has 1 heterocycles. The van der Waals surface area contributed by atoms with Crippen LogP contribution in [-0.4, -0.2) is 35.3 Å². The van der Waals surface area contributed by atoms with Crippen molar-refractivity contribution in [2.45, 2.75) is 31.8 Å². The smallest absolute Gasteiger partial charge is 0.318 e. The van der Waals surface area contributed by atoms with Crippen molar-refractivity contribution in [3.63, 3.8) is 0 Å². The fraction of sp³-hybridized carbons (Fsp3) is 0.250. The second kappa shape index (κ2) is 8.26. The first kappa shape index (κ1) is 19.5. The minimum Gasteiger partial charge on any atom is -0.333 e. The number of urea groups is 1. The van der Waals surface area contributed by atoms with Crippen LogP contribution in [0, 0.1) is 0 Å². The van der Waals surface area contributed by atoms with E-state index in [1.807, 2.05) is 24.3 Å². The number of carbonyl (C=O) groups is 2. The number of hydrogen-bond acceptors (Lipinski definition) is 2. The van der Waals surface area contributed by atoms with Crippen molar-refractivity contribution in [3.8, 4) is 0 Å². The molecule has 0 radical (unpaired) electrons. The quantitative estimate of drug-likeness (QED) is 0.648. The van der Waals surface area contributed by atoms with Crippen LogP contribution in [0.25, 0.3) is 10.8 Å². The van der Waals surface area contributed by atoms with Gasteiger partial charge in [-0.2, -0.15) is 0 Å². The van der Waals surface area contributed by atoms with E-state index in [1.165, 1.54) is 16.3 Å². The van der Waals surface area contributed by atoms with Crippen LogP contribution in [0.4, 0.5) is 4.79 Å². The molecule has 0 aromatic heterocycles. The zero-order valence-electron chi connectivity index (χ0n) is 16.3. The molecule has 1 aliphatic heterocycles. The van der Waals surface area contributed by atoms with E-state index in [-0.39, 0.29) is 17.9 Å². The Labute approximate surface area is 175 Å². The van der Waals surface area contributed by atoms with Gasteiger partial charge in [0.2, 0.25) is 0 Å². The van der Waals surface area contributed by atoms with E-state index in [1.54, 1.807) is 24.0 Å². The first-order chi connectivity index (χ1) is 14.0. The summed E-state index contributed by atoms with van der Waals surface area (Å²) >= 11 is 5.95. The third-order valence-electron chi connectivity index (χ3n) is 5.49. The molecule has 0 aliphatic carbocycles. The number of ketones is 1. The number of nitrogens with zero attached hydrogens (tertiary/aromatic N) is 1. The van der Waals surface area contributed by atoms with E-state index >= 15 is 0 Å². The highest BCUT2D eigenvalue weighted by molar-refractivity contribution is 6.30. The summed E-state index contributed by atoms with van der Waals surface area (Å²) in [6.07, 6.45) is 1.22. The Hall–Kier alpha value is -2.85. The SMILES string of the molecule is CC(=O)C(Cc1ccc(Cl)cc1)N1CC(Cc2ccc3ccccc3c2)NC1=O. The van der Waals surface area contributed by atoms with Gasteiger partial charge in [0.1, 0.15) is 0 Å². The van der Waals surface area contributed by atoms with Crippen LogP contribution in [0.1, 0.15) is 18.1 Å². The van der Waals surface area contributed by atoms with Crippen LogP contribution in [0.5, 0.6) is 0 Å². The van der Waals surface area contributed by atoms with Crippen molar-refractivity contribution in [1.82, 2.24) is 10.2 Å². The normalized spacial score (nSPS) is 17.4. The van der Waals surface area contributed by atoms with Crippen LogP contribution in [-0.2, 0) is 17.6 Å². The number of benzene rings is 3. The fourth-order valence-corrected chi connectivity index (χ4v) is 4.10. The topological polar surface area (TPSA) is 49.4 Å². The number of fused-ring (bicyclic) bond motifs is 1. The highest BCUT2D eigenvalue weighted by Gasteiger charge is 2.35. The van der Waals surface area contributed by atoms with Crippen molar-refractivity contribution in [2.24, 2.45) is 0 Å². The molecule has 2 amide bonds. The molecule has 1 aliphatic rings. The van der Waals surface area contributed by atoms with E-state index in [0.717, 1.165) is 12.0 Å². The second-order valence-electron chi connectivity index (χ2n) is 7.64. The molecule has 0 spiro atoms. The molecule has 148 valence electrons. The van der Waals surface area contributed by atoms with Gasteiger partial charge in [-0.15, -0.1) is 0 Å². The van der Waals surface area contributed by atoms with Crippen molar-refractivity contribution in [2.75, 3.05) is 6.54 Å². The summed E-state index contributed by atoms with van der Waals surface area (Å²) in [6.45, 7) is 2.06. The number of carbonyl (C=O) groups excluding carboxylic acids is 2. The standard InChI is InChI=1S/C24H23ClN2O2/c1-16(28)23(14-17-7-10-21(25)11-8-17)27-15-22(26-24(27)29)13-18-6-9-19-4-2-3-5-20(19)12-18/h2-12,22-23H,13-15H2,1H3,(H,26,29). The Bertz CT molecular complexity index is 1050. The maximum Gasteiger partial charge on any atom is 0.318 e. The zero-order chi connectivity index (χ0) is 20.4. The van der Waals surface area contributed by atoms with E-state index < -0.39 is 6.04 Å². The van der Waals surface area contributed by atoms with E-state index in [2.05, 4.69) is 35.6 Å². The summed E-state index contributed by atoms with van der Waals surface area (Å²) in [4.78, 5) is 26.6. The molecule has 3 aromatic carbocycles. The summed E-state index contributed by atoms with van der Waals surface area (Å²) in [5, 5.41) is 6.09. The lowest BCUT2D eigenvalue weighted by atomic mass is 10.00. The molecular weight excluding hydrogens is 384 g/mol. The molecule has 4 rings (SSSR count). The number of halogens is 1. The van der Waals surface area contributed by atoms with Crippen molar-refractivity contribution < 1.29 is 9.59 Å². The second-order valence-corrected chi connectivity index (χ2v) is 8.08. The maximum absolute atomic E-state index is 12.6. The Morgan fingerprint density at radius 1 is 1.07 bits per heavy atom. The largest absolute Gasteiger partial charge is 0.333 e. The van der Waals surface area contributed by atoms with Gasteiger partial charge >= 0.3 is 6.03 Å². The minimum absolute atomic E-state index is 0.0125. The number of Topliss-reactive ketones (excluding diaryl/α,β-unsaturated/α-hetero) is 1. The molecule has 3 aromatic rings. The van der Waals surface area contributed by atoms with Gasteiger partial charge < -0.3 is 10.2 Å². The zero-order valence-corrected chi connectivity index (χ0v) is 17.0. The number of hydrogen-bond donors (Lipinski definition) is 1. The van der Waals surface area contributed by atoms with Crippen LogP contribution in [0.3, 0.4) is 0 Å². The molecule has 1 fully saturated rings. The van der Waals surface area contributed by atoms with Crippen LogP contribution in [0.2, 0.25) is 5.02 Å². The van der Waals surface area contributed by atoms with Crippen LogP contribution in [0.15, 0.2) is 66.7 Å². The van der Waals surface area contributed by atoms with E-state index in [0.29, 0.717) is 18.0 Å². The minimum atomic E-state index is -0.474. The summed E-state index contributed by atoms with van der Waals surface area (Å²) in [6, 6.07) is 21.4. The highest BCUT2D eigenvalue weighted by atomic mass is 35.5. The average molecular weight is 407 g/mol. The van der Waals surface area contributed by atoms with Crippen LogP contribution >= 0.6 is 11.6 Å². The third-order valence-corrected chi connectivity index (χ3v) is 5.74. The maximum atomic E-state index is 12.6. The molecule has 0 bridgehead atoms. The molecule has 2 atom stereocenters. The lowest BCUT2D eigenvalue weighted by molar-refractivity contribution is -0.121. The average Bonchev–Trinajstić information content (AvgIpc) is 3.06. The third kappa shape index (κ3) is 4.43. The van der Waals surface area contributed by atoms with Crippen LogP contribution < -0.4 is 5.32 Å². The van der Waals surface area contributed by atoms with Crippen molar-refractivity contribution >= 4 is 34.2 Å². The van der Waals surface area contributed by atoms with E-state index in [9.17, 15) is 9.59 Å². The Balaban J connectivity index is 1.47. The molecule has 1 saturated heterocycles. The lowest BCUT2D eigenvalue weighted by Gasteiger charge is -2.25. The Morgan fingerprint density at radius 2 is 1.76 bits per heavy atom. The molecule has 29 heavy (non-hydrogen) atoms. The fourth-order valence-electron chi connectivity index (χ4n) is 3.98. The molecule has 4 nitrogen and oxygen atoms in total. The first-order valence-electron chi connectivity index (χ1n) is 9.79. The summed E-state index contributed by atoms with van der Waals surface area (Å²) in [5.74, 6) is -0.0125. The highest BCUT2D eigenvalue weighted by Crippen LogP contribution is 2.21. The molecule has 1 N–H and O–H groups in total. The van der Waals surface area contributed by atoms with Gasteiger partial charge in [-0.3, -0.25) is 4.79 Å². The van der Waals surface area contributed by atoms with E-state index in [4.69, 9.17) is 11.6 Å². The van der Waals surface area contributed by atoms with Gasteiger partial charge in [0, 0.05) is 18.0 Å². The van der Waals surface area contributed by atoms with Gasteiger partial charge in [-0.1, -0.05) is 66.2 Å². The molecule has 0 saturated carbocycles. The molecule has 5 heteroatoms. The number of nitrogens with one attached hydrogen (secondary N) is 1. The monoisotopic (exact) mass is 406 g/mol. The van der Waals surface area contributed by atoms with Crippen molar-refractivity contribution in [1.29, 1.82) is 0 Å². The number of rotatable bonds is 6. The van der Waals surface area contributed by atoms with Gasteiger partial charge in [0.05, 0.1) is 12.1 Å². The van der Waals surface area contributed by atoms with Gasteiger partial charge in [-0.25, -0.2) is 4.79 Å². The predicted octanol–water partition coefficient (Wildman–Crippen LogP) is 4.63.